The molecule has 0 radical (unpaired) electrons. The number of amides is 1. The molecule has 0 spiro atoms. The molecule has 0 saturated heterocycles. The number of ether oxygens (including phenoxy) is 1. The van der Waals surface area contributed by atoms with Gasteiger partial charge in [-0.1, -0.05) is 0 Å². The van der Waals surface area contributed by atoms with Crippen LogP contribution in [0.5, 0.6) is 0 Å². The quantitative estimate of drug-likeness (QED) is 0.801. The molecule has 18 heavy (non-hydrogen) atoms. The van der Waals surface area contributed by atoms with E-state index in [-0.39, 0.29) is 17.8 Å². The number of benzene rings is 1. The van der Waals surface area contributed by atoms with Gasteiger partial charge in [0.1, 0.15) is 17.2 Å². The molecule has 0 aliphatic heterocycles. The van der Waals surface area contributed by atoms with E-state index in [1.165, 1.54) is 0 Å². The monoisotopic (exact) mass is 258 g/mol. The Hall–Kier alpha value is -1.85. The molecule has 0 atom stereocenters. The predicted molar refractivity (Wildman–Crippen MR) is 63.8 cm³/mol. The van der Waals surface area contributed by atoms with Crippen molar-refractivity contribution in [3.63, 3.8) is 0 Å². The SMILES string of the molecule is CC(C)(C)OC(=O)NCc1c(F)cc(N)cc1F. The number of hydrogen-bond acceptors (Lipinski definition) is 3. The maximum Gasteiger partial charge on any atom is 0.407 e. The number of anilines is 1. The molecule has 1 rings (SSSR count). The minimum absolute atomic E-state index is 0.00832. The molecule has 4 nitrogen and oxygen atoms in total. The molecule has 100 valence electrons. The number of carbonyl (C=O) groups is 1. The first-order valence-corrected chi connectivity index (χ1v) is 5.39. The number of hydrogen-bond donors (Lipinski definition) is 2. The fraction of sp³-hybridized carbons (Fsp3) is 0.417. The van der Waals surface area contributed by atoms with Crippen molar-refractivity contribution in [1.82, 2.24) is 5.32 Å². The molecule has 6 heteroatoms. The van der Waals surface area contributed by atoms with E-state index in [1.54, 1.807) is 20.8 Å². The van der Waals surface area contributed by atoms with Crippen molar-refractivity contribution in [1.29, 1.82) is 0 Å². The number of rotatable bonds is 2. The zero-order valence-electron chi connectivity index (χ0n) is 10.5. The minimum atomic E-state index is -0.802. The lowest BCUT2D eigenvalue weighted by Crippen LogP contribution is -2.32. The highest BCUT2D eigenvalue weighted by atomic mass is 19.1. The third-order valence-electron chi connectivity index (χ3n) is 1.97. The molecule has 0 unspecified atom stereocenters. The average molecular weight is 258 g/mol. The lowest BCUT2D eigenvalue weighted by atomic mass is 10.2. The standard InChI is InChI=1S/C12H16F2N2O2/c1-12(2,3)18-11(17)16-6-8-9(13)4-7(15)5-10(8)14/h4-5H,6,15H2,1-3H3,(H,16,17). The second-order valence-corrected chi connectivity index (χ2v) is 4.82. The third-order valence-corrected chi connectivity index (χ3v) is 1.97. The lowest BCUT2D eigenvalue weighted by Gasteiger charge is -2.19. The maximum absolute atomic E-state index is 13.4. The largest absolute Gasteiger partial charge is 0.444 e. The summed E-state index contributed by atoms with van der Waals surface area (Å²) in [6.07, 6.45) is -0.738. The molecule has 1 amide bonds. The molecule has 0 aromatic heterocycles. The van der Waals surface area contributed by atoms with Crippen LogP contribution in [-0.2, 0) is 11.3 Å². The van der Waals surface area contributed by atoms with Crippen LogP contribution < -0.4 is 11.1 Å². The number of alkyl carbamates (subject to hydrolysis) is 1. The van der Waals surface area contributed by atoms with Gasteiger partial charge in [0.2, 0.25) is 0 Å². The lowest BCUT2D eigenvalue weighted by molar-refractivity contribution is 0.0523. The summed E-state index contributed by atoms with van der Waals surface area (Å²) in [4.78, 5) is 11.3. The molecule has 1 aromatic rings. The van der Waals surface area contributed by atoms with Crippen LogP contribution in [0.2, 0.25) is 0 Å². The number of carbonyl (C=O) groups excluding carboxylic acids is 1. The molecule has 0 bridgehead atoms. The van der Waals surface area contributed by atoms with E-state index in [0.29, 0.717) is 0 Å². The molecule has 0 fully saturated rings. The van der Waals surface area contributed by atoms with Crippen LogP contribution in [0.3, 0.4) is 0 Å². The maximum atomic E-state index is 13.4. The second kappa shape index (κ2) is 5.20. The van der Waals surface area contributed by atoms with Crippen LogP contribution in [0, 0.1) is 11.6 Å². The van der Waals surface area contributed by atoms with Crippen molar-refractivity contribution >= 4 is 11.8 Å². The van der Waals surface area contributed by atoms with Gasteiger partial charge in [-0.3, -0.25) is 0 Å². The van der Waals surface area contributed by atoms with E-state index < -0.39 is 23.3 Å². The zero-order valence-corrected chi connectivity index (χ0v) is 10.5. The Morgan fingerprint density at radius 3 is 2.28 bits per heavy atom. The highest BCUT2D eigenvalue weighted by Gasteiger charge is 2.17. The number of nitrogens with two attached hydrogens (primary N) is 1. The molecule has 0 aliphatic rings. The van der Waals surface area contributed by atoms with E-state index in [4.69, 9.17) is 10.5 Å². The predicted octanol–water partition coefficient (Wildman–Crippen LogP) is 2.57. The third kappa shape index (κ3) is 4.20. The first-order chi connectivity index (χ1) is 8.19. The Labute approximate surface area is 104 Å². The molecule has 0 heterocycles. The Morgan fingerprint density at radius 1 is 1.33 bits per heavy atom. The summed E-state index contributed by atoms with van der Waals surface area (Å²) in [6.45, 7) is 4.78. The van der Waals surface area contributed by atoms with Gasteiger partial charge in [0.15, 0.2) is 0 Å². The summed E-state index contributed by atoms with van der Waals surface area (Å²) in [6, 6.07) is 1.99. The Kier molecular flexibility index (Phi) is 4.11. The van der Waals surface area contributed by atoms with Gasteiger partial charge in [0.25, 0.3) is 0 Å². The second-order valence-electron chi connectivity index (χ2n) is 4.82. The van der Waals surface area contributed by atoms with Crippen molar-refractivity contribution in [2.24, 2.45) is 0 Å². The zero-order chi connectivity index (χ0) is 13.9. The Bertz CT molecular complexity index is 433. The van der Waals surface area contributed by atoms with Crippen molar-refractivity contribution in [2.75, 3.05) is 5.73 Å². The average Bonchev–Trinajstić information content (AvgIpc) is 2.12. The normalized spacial score (nSPS) is 11.2. The van der Waals surface area contributed by atoms with Gasteiger partial charge < -0.3 is 15.8 Å². The van der Waals surface area contributed by atoms with Crippen LogP contribution in [0.25, 0.3) is 0 Å². The van der Waals surface area contributed by atoms with Gasteiger partial charge >= 0.3 is 6.09 Å². The summed E-state index contributed by atoms with van der Waals surface area (Å²) >= 11 is 0. The first-order valence-electron chi connectivity index (χ1n) is 5.39. The molecule has 0 aliphatic carbocycles. The van der Waals surface area contributed by atoms with E-state index in [9.17, 15) is 13.6 Å². The van der Waals surface area contributed by atoms with Gasteiger partial charge in [-0.05, 0) is 32.9 Å². The summed E-state index contributed by atoms with van der Waals surface area (Å²) in [7, 11) is 0. The van der Waals surface area contributed by atoms with Crippen LogP contribution in [-0.4, -0.2) is 11.7 Å². The van der Waals surface area contributed by atoms with E-state index in [1.807, 2.05) is 0 Å². The van der Waals surface area contributed by atoms with Crippen LogP contribution in [0.1, 0.15) is 26.3 Å². The Morgan fingerprint density at radius 2 is 1.83 bits per heavy atom. The number of nitrogen functional groups attached to an aromatic ring is 1. The van der Waals surface area contributed by atoms with Crippen LogP contribution >= 0.6 is 0 Å². The first kappa shape index (κ1) is 14.2. The van der Waals surface area contributed by atoms with E-state index in [2.05, 4.69) is 5.32 Å². The van der Waals surface area contributed by atoms with Gasteiger partial charge in [-0.25, -0.2) is 13.6 Å². The fourth-order valence-corrected chi connectivity index (χ4v) is 1.27. The van der Waals surface area contributed by atoms with Gasteiger partial charge in [-0.2, -0.15) is 0 Å². The van der Waals surface area contributed by atoms with E-state index >= 15 is 0 Å². The molecule has 3 N–H and O–H groups in total. The number of halogens is 2. The fourth-order valence-electron chi connectivity index (χ4n) is 1.27. The summed E-state index contributed by atoms with van der Waals surface area (Å²) in [5.41, 5.74) is 4.35. The summed E-state index contributed by atoms with van der Waals surface area (Å²) in [5.74, 6) is -1.60. The van der Waals surface area contributed by atoms with Crippen molar-refractivity contribution in [2.45, 2.75) is 32.9 Å². The van der Waals surface area contributed by atoms with Gasteiger partial charge in [-0.15, -0.1) is 0 Å². The van der Waals surface area contributed by atoms with Crippen LogP contribution in [0.15, 0.2) is 12.1 Å². The summed E-state index contributed by atoms with van der Waals surface area (Å²) in [5, 5.41) is 2.27. The van der Waals surface area contributed by atoms with Crippen molar-refractivity contribution < 1.29 is 18.3 Å². The summed E-state index contributed by atoms with van der Waals surface area (Å²) < 4.78 is 31.7. The Balaban J connectivity index is 2.67. The minimum Gasteiger partial charge on any atom is -0.444 e. The smallest absolute Gasteiger partial charge is 0.407 e. The molecular formula is C12H16F2N2O2. The van der Waals surface area contributed by atoms with Crippen molar-refractivity contribution in [3.05, 3.63) is 29.3 Å². The van der Waals surface area contributed by atoms with Crippen molar-refractivity contribution in [3.8, 4) is 0 Å². The molecule has 1 aromatic carbocycles. The molecular weight excluding hydrogens is 242 g/mol. The van der Waals surface area contributed by atoms with Crippen LogP contribution in [0.4, 0.5) is 19.3 Å². The number of nitrogens with one attached hydrogen (secondary N) is 1. The van der Waals surface area contributed by atoms with Gasteiger partial charge in [0.05, 0.1) is 6.54 Å². The highest BCUT2D eigenvalue weighted by Crippen LogP contribution is 2.16. The topological polar surface area (TPSA) is 64.3 Å². The highest BCUT2D eigenvalue weighted by molar-refractivity contribution is 5.67. The van der Waals surface area contributed by atoms with Gasteiger partial charge in [0, 0.05) is 11.3 Å². The van der Waals surface area contributed by atoms with E-state index in [0.717, 1.165) is 12.1 Å². The molecule has 0 saturated carbocycles.